The summed E-state index contributed by atoms with van der Waals surface area (Å²) in [5.74, 6) is 1.36. The minimum absolute atomic E-state index is 0.0229. The van der Waals surface area contributed by atoms with E-state index in [1.165, 1.54) is 6.42 Å². The predicted octanol–water partition coefficient (Wildman–Crippen LogP) is 4.79. The summed E-state index contributed by atoms with van der Waals surface area (Å²) >= 11 is 0. The van der Waals surface area contributed by atoms with E-state index in [4.69, 9.17) is 9.05 Å². The molecule has 1 unspecified atom stereocenters. The predicted molar refractivity (Wildman–Crippen MR) is 76.7 cm³/mol. The van der Waals surface area contributed by atoms with Crippen molar-refractivity contribution in [3.8, 4) is 5.75 Å². The maximum Gasteiger partial charge on any atom is 0.751 e. The van der Waals surface area contributed by atoms with Gasteiger partial charge in [-0.3, -0.25) is 0 Å². The van der Waals surface area contributed by atoms with Crippen LogP contribution in [0.1, 0.15) is 45.6 Å². The van der Waals surface area contributed by atoms with Crippen molar-refractivity contribution in [3.63, 3.8) is 0 Å². The molecule has 1 heterocycles. The average molecular weight is 291 g/mol. The Kier molecular flexibility index (Phi) is 2.33. The maximum atomic E-state index is 12.2. The fraction of sp³-hybridized carbons (Fsp3) is 0.625. The van der Waals surface area contributed by atoms with E-state index in [9.17, 15) is 4.57 Å². The smallest absolute Gasteiger partial charge is 0.229 e. The van der Waals surface area contributed by atoms with Crippen LogP contribution in [-0.4, -0.2) is 0 Å². The summed E-state index contributed by atoms with van der Waals surface area (Å²) < 4.78 is 23.7. The summed E-state index contributed by atoms with van der Waals surface area (Å²) in [5, 5.41) is 0. The second-order valence-electron chi connectivity index (χ2n) is 7.31. The first kappa shape index (κ1) is 12.8. The highest BCUT2D eigenvalue weighted by Gasteiger charge is 2.76. The molecule has 1 aromatic carbocycles. The summed E-state index contributed by atoms with van der Waals surface area (Å²) in [6.07, 6.45) is 3.53. The SMILES string of the molecule is CC1(C)[C@H]2CC[C@](C)(C2)[C@@]12O[P+](=O)Oc1ccccc12. The minimum Gasteiger partial charge on any atom is -0.229 e. The molecule has 2 bridgehead atoms. The van der Waals surface area contributed by atoms with Gasteiger partial charge in [-0.15, -0.1) is 0 Å². The summed E-state index contributed by atoms with van der Waals surface area (Å²) in [6, 6.07) is 7.96. The van der Waals surface area contributed by atoms with Crippen molar-refractivity contribution in [2.75, 3.05) is 0 Å². The lowest BCUT2D eigenvalue weighted by Gasteiger charge is -2.50. The Labute approximate surface area is 120 Å². The number of fused-ring (bicyclic) bond motifs is 5. The zero-order chi connectivity index (χ0) is 14.2. The lowest BCUT2D eigenvalue weighted by molar-refractivity contribution is -0.136. The van der Waals surface area contributed by atoms with Gasteiger partial charge < -0.3 is 0 Å². The van der Waals surface area contributed by atoms with E-state index in [1.54, 1.807) is 0 Å². The van der Waals surface area contributed by atoms with E-state index in [0.717, 1.165) is 24.2 Å². The molecule has 4 rings (SSSR count). The van der Waals surface area contributed by atoms with Crippen LogP contribution in [0.15, 0.2) is 24.3 Å². The molecule has 1 aromatic rings. The first-order valence-electron chi connectivity index (χ1n) is 7.35. The zero-order valence-electron chi connectivity index (χ0n) is 12.2. The molecular formula is C16H20O3P+. The highest BCUT2D eigenvalue weighted by Crippen LogP contribution is 2.76. The van der Waals surface area contributed by atoms with Gasteiger partial charge in [-0.2, -0.15) is 0 Å². The first-order valence-corrected chi connectivity index (χ1v) is 8.44. The van der Waals surface area contributed by atoms with Crippen LogP contribution in [0, 0.1) is 16.7 Å². The van der Waals surface area contributed by atoms with Gasteiger partial charge in [-0.05, 0) is 31.2 Å². The summed E-state index contributed by atoms with van der Waals surface area (Å²) in [5.41, 5.74) is 0.631. The third-order valence-corrected chi connectivity index (χ3v) is 6.94. The summed E-state index contributed by atoms with van der Waals surface area (Å²) in [7, 11) is -2.09. The topological polar surface area (TPSA) is 35.5 Å². The number of rotatable bonds is 0. The van der Waals surface area contributed by atoms with Crippen LogP contribution in [0.25, 0.3) is 0 Å². The molecule has 2 fully saturated rings. The van der Waals surface area contributed by atoms with Crippen molar-refractivity contribution in [2.24, 2.45) is 16.7 Å². The number of benzene rings is 1. The van der Waals surface area contributed by atoms with Crippen LogP contribution >= 0.6 is 8.25 Å². The van der Waals surface area contributed by atoms with Crippen LogP contribution in [0.3, 0.4) is 0 Å². The summed E-state index contributed by atoms with van der Waals surface area (Å²) in [4.78, 5) is 0. The molecule has 20 heavy (non-hydrogen) atoms. The van der Waals surface area contributed by atoms with Gasteiger partial charge in [-0.25, -0.2) is 4.52 Å². The molecule has 0 saturated heterocycles. The van der Waals surface area contributed by atoms with Crippen LogP contribution in [-0.2, 0) is 14.7 Å². The number of hydrogen-bond donors (Lipinski definition) is 0. The third kappa shape index (κ3) is 1.22. The standard InChI is InChI=1S/C16H20O3P/c1-14(2)11-8-9-15(3,10-11)16(14)12-6-4-5-7-13(12)18-20(17)19-16/h4-7,11H,8-10H2,1-3H3/q+1/t11-,15+,16-/m0/s1. The first-order chi connectivity index (χ1) is 9.41. The molecule has 0 amide bonds. The Morgan fingerprint density at radius 3 is 2.70 bits per heavy atom. The van der Waals surface area contributed by atoms with Gasteiger partial charge in [0.25, 0.3) is 0 Å². The molecule has 106 valence electrons. The van der Waals surface area contributed by atoms with E-state index in [0.29, 0.717) is 5.92 Å². The van der Waals surface area contributed by atoms with Crippen molar-refractivity contribution in [3.05, 3.63) is 29.8 Å². The minimum atomic E-state index is -2.09. The Morgan fingerprint density at radius 2 is 2.00 bits per heavy atom. The number of hydrogen-bond acceptors (Lipinski definition) is 3. The monoisotopic (exact) mass is 291 g/mol. The van der Waals surface area contributed by atoms with Gasteiger partial charge in [0.2, 0.25) is 0 Å². The molecule has 0 aromatic heterocycles. The Hall–Kier alpha value is -0.920. The third-order valence-electron chi connectivity index (χ3n) is 6.17. The van der Waals surface area contributed by atoms with E-state index in [-0.39, 0.29) is 10.8 Å². The normalized spacial score (nSPS) is 42.5. The maximum absolute atomic E-state index is 12.2. The zero-order valence-corrected chi connectivity index (χ0v) is 13.1. The van der Waals surface area contributed by atoms with Crippen LogP contribution < -0.4 is 4.52 Å². The molecule has 3 nitrogen and oxygen atoms in total. The van der Waals surface area contributed by atoms with Gasteiger partial charge in [0.05, 0.1) is 0 Å². The Balaban J connectivity index is 2.03. The molecule has 0 N–H and O–H groups in total. The molecule has 4 heteroatoms. The lowest BCUT2D eigenvalue weighted by atomic mass is 9.57. The molecule has 1 aliphatic heterocycles. The van der Waals surface area contributed by atoms with Gasteiger partial charge in [0.1, 0.15) is 0 Å². The van der Waals surface area contributed by atoms with Crippen molar-refractivity contribution in [2.45, 2.75) is 45.6 Å². The van der Waals surface area contributed by atoms with Crippen molar-refractivity contribution in [1.29, 1.82) is 0 Å². The molecule has 3 aliphatic rings. The second kappa shape index (κ2) is 3.64. The van der Waals surface area contributed by atoms with Gasteiger partial charge in [0.15, 0.2) is 11.4 Å². The van der Waals surface area contributed by atoms with Gasteiger partial charge >= 0.3 is 8.25 Å². The largest absolute Gasteiger partial charge is 0.751 e. The van der Waals surface area contributed by atoms with Gasteiger partial charge in [-0.1, -0.05) is 43.5 Å². The quantitative estimate of drug-likeness (QED) is 0.644. The highest BCUT2D eigenvalue weighted by atomic mass is 31.1. The lowest BCUT2D eigenvalue weighted by Crippen LogP contribution is -2.53. The van der Waals surface area contributed by atoms with Gasteiger partial charge in [0, 0.05) is 21.0 Å². The molecular weight excluding hydrogens is 271 g/mol. The van der Waals surface area contributed by atoms with Crippen molar-refractivity contribution >= 4 is 8.25 Å². The summed E-state index contributed by atoms with van der Waals surface area (Å²) in [6.45, 7) is 6.84. The van der Waals surface area contributed by atoms with E-state index >= 15 is 0 Å². The molecule has 2 aliphatic carbocycles. The fourth-order valence-electron chi connectivity index (χ4n) is 5.24. The van der Waals surface area contributed by atoms with Crippen LogP contribution in [0.4, 0.5) is 0 Å². The average Bonchev–Trinajstić information content (AvgIpc) is 2.86. The Morgan fingerprint density at radius 1 is 1.25 bits per heavy atom. The van der Waals surface area contributed by atoms with E-state index in [1.807, 2.05) is 18.2 Å². The Bertz CT molecular complexity index is 605. The molecule has 1 spiro atoms. The fourth-order valence-corrected chi connectivity index (χ4v) is 6.37. The van der Waals surface area contributed by atoms with Crippen molar-refractivity contribution in [1.82, 2.24) is 0 Å². The molecule has 4 atom stereocenters. The van der Waals surface area contributed by atoms with E-state index < -0.39 is 13.9 Å². The van der Waals surface area contributed by atoms with E-state index in [2.05, 4.69) is 26.8 Å². The highest BCUT2D eigenvalue weighted by molar-refractivity contribution is 7.34. The van der Waals surface area contributed by atoms with Crippen LogP contribution in [0.2, 0.25) is 0 Å². The molecule has 0 radical (unpaired) electrons. The second-order valence-corrected chi connectivity index (χ2v) is 8.12. The van der Waals surface area contributed by atoms with Crippen molar-refractivity contribution < 1.29 is 13.6 Å². The number of para-hydroxylation sites is 1. The molecule has 2 saturated carbocycles. The van der Waals surface area contributed by atoms with Crippen LogP contribution in [0.5, 0.6) is 5.75 Å².